The Hall–Kier alpha value is -1.26. The smallest absolute Gasteiger partial charge is 0.161 e. The van der Waals surface area contributed by atoms with Crippen LogP contribution in [0, 0.1) is 0 Å². The van der Waals surface area contributed by atoms with Crippen LogP contribution in [0.15, 0.2) is 18.2 Å². The van der Waals surface area contributed by atoms with Crippen molar-refractivity contribution in [1.29, 1.82) is 0 Å². The summed E-state index contributed by atoms with van der Waals surface area (Å²) in [7, 11) is 3.79. The molecule has 2 aliphatic rings. The van der Waals surface area contributed by atoms with Crippen molar-refractivity contribution < 1.29 is 14.6 Å². The van der Waals surface area contributed by atoms with Crippen LogP contribution in [0.1, 0.15) is 31.2 Å². The molecule has 20 heavy (non-hydrogen) atoms. The minimum atomic E-state index is -0.628. The van der Waals surface area contributed by atoms with Gasteiger partial charge in [0.15, 0.2) is 11.5 Å². The highest BCUT2D eigenvalue weighted by molar-refractivity contribution is 5.46. The highest BCUT2D eigenvalue weighted by Crippen LogP contribution is 2.47. The maximum Gasteiger partial charge on any atom is 0.161 e. The zero-order valence-corrected chi connectivity index (χ0v) is 12.3. The zero-order valence-electron chi connectivity index (χ0n) is 12.3. The first kappa shape index (κ1) is 13.7. The van der Waals surface area contributed by atoms with Gasteiger partial charge in [-0.25, -0.2) is 0 Å². The van der Waals surface area contributed by atoms with E-state index < -0.39 is 5.60 Å². The third-order valence-corrected chi connectivity index (χ3v) is 4.38. The summed E-state index contributed by atoms with van der Waals surface area (Å²) < 4.78 is 11.5. The Balaban J connectivity index is 1.76. The maximum atomic E-state index is 10.2. The second-order valence-corrected chi connectivity index (χ2v) is 6.02. The molecule has 1 aromatic carbocycles. The van der Waals surface area contributed by atoms with Gasteiger partial charge in [0.25, 0.3) is 0 Å². The third-order valence-electron chi connectivity index (χ3n) is 4.38. The summed E-state index contributed by atoms with van der Waals surface area (Å²) in [5.41, 5.74) is 0.318. The quantitative estimate of drug-likeness (QED) is 0.915. The van der Waals surface area contributed by atoms with Crippen LogP contribution in [0.5, 0.6) is 11.5 Å². The number of benzene rings is 1. The van der Waals surface area contributed by atoms with Gasteiger partial charge in [0, 0.05) is 13.1 Å². The lowest BCUT2D eigenvalue weighted by Gasteiger charge is -2.30. The fraction of sp³-hybridized carbons (Fsp3) is 0.625. The fourth-order valence-corrected chi connectivity index (χ4v) is 2.75. The van der Waals surface area contributed by atoms with Gasteiger partial charge in [-0.1, -0.05) is 6.07 Å². The molecule has 0 aromatic heterocycles. The van der Waals surface area contributed by atoms with Crippen LogP contribution in [0.25, 0.3) is 0 Å². The van der Waals surface area contributed by atoms with E-state index in [4.69, 9.17) is 9.47 Å². The van der Waals surface area contributed by atoms with Crippen LogP contribution in [0.3, 0.4) is 0 Å². The van der Waals surface area contributed by atoms with E-state index >= 15 is 0 Å². The molecule has 0 bridgehead atoms. The van der Waals surface area contributed by atoms with Gasteiger partial charge in [-0.2, -0.15) is 0 Å². The predicted molar refractivity (Wildman–Crippen MR) is 77.3 cm³/mol. The lowest BCUT2D eigenvalue weighted by atomic mass is 10.1. The second-order valence-electron chi connectivity index (χ2n) is 6.02. The molecule has 1 aromatic rings. The molecule has 0 unspecified atom stereocenters. The van der Waals surface area contributed by atoms with Gasteiger partial charge in [0.05, 0.1) is 12.7 Å². The fourth-order valence-electron chi connectivity index (χ4n) is 2.75. The molecule has 0 atom stereocenters. The van der Waals surface area contributed by atoms with E-state index in [0.717, 1.165) is 55.8 Å². The van der Waals surface area contributed by atoms with Crippen LogP contribution in [0.4, 0.5) is 0 Å². The maximum absolute atomic E-state index is 10.2. The number of methoxy groups -OCH3 is 1. The molecule has 0 radical (unpaired) electrons. The number of aliphatic hydroxyl groups is 1. The minimum absolute atomic E-state index is 0.240. The Morgan fingerprint density at radius 1 is 1.20 bits per heavy atom. The molecule has 0 amide bonds. The van der Waals surface area contributed by atoms with E-state index in [1.165, 1.54) is 0 Å². The van der Waals surface area contributed by atoms with Crippen molar-refractivity contribution in [3.63, 3.8) is 0 Å². The Kier molecular flexibility index (Phi) is 3.61. The third kappa shape index (κ3) is 2.76. The Labute approximate surface area is 120 Å². The number of rotatable bonds is 4. The summed E-state index contributed by atoms with van der Waals surface area (Å²) in [5, 5.41) is 10.2. The average molecular weight is 277 g/mol. The Morgan fingerprint density at radius 2 is 1.90 bits per heavy atom. The van der Waals surface area contributed by atoms with Crippen molar-refractivity contribution in [3.05, 3.63) is 23.8 Å². The number of hydrogen-bond donors (Lipinski definition) is 1. The van der Waals surface area contributed by atoms with Gasteiger partial charge < -0.3 is 19.5 Å². The van der Waals surface area contributed by atoms with Crippen molar-refractivity contribution in [3.8, 4) is 11.5 Å². The first-order valence-corrected chi connectivity index (χ1v) is 7.37. The summed E-state index contributed by atoms with van der Waals surface area (Å²) in [5.74, 6) is 1.51. The predicted octanol–water partition coefficient (Wildman–Crippen LogP) is 2.15. The van der Waals surface area contributed by atoms with Crippen molar-refractivity contribution >= 4 is 0 Å². The van der Waals surface area contributed by atoms with Crippen LogP contribution >= 0.6 is 0 Å². The van der Waals surface area contributed by atoms with Gasteiger partial charge in [-0.3, -0.25) is 0 Å². The molecular formula is C16H23NO3. The van der Waals surface area contributed by atoms with E-state index in [2.05, 4.69) is 11.9 Å². The van der Waals surface area contributed by atoms with E-state index in [1.54, 1.807) is 7.11 Å². The van der Waals surface area contributed by atoms with Gasteiger partial charge in [-0.15, -0.1) is 0 Å². The average Bonchev–Trinajstić information content (AvgIpc) is 3.20. The standard InChI is InChI=1S/C16H23NO3/c1-17-9-5-13(6-10-17)20-15-11-12(16(18)7-8-16)3-4-14(15)19-2/h3-4,11,13,18H,5-10H2,1-2H3. The van der Waals surface area contributed by atoms with Crippen LogP contribution < -0.4 is 9.47 Å². The van der Waals surface area contributed by atoms with Crippen LogP contribution in [-0.2, 0) is 5.60 Å². The summed E-state index contributed by atoms with van der Waals surface area (Å²) >= 11 is 0. The molecule has 2 fully saturated rings. The lowest BCUT2D eigenvalue weighted by Crippen LogP contribution is -2.35. The van der Waals surface area contributed by atoms with E-state index in [1.807, 2.05) is 18.2 Å². The topological polar surface area (TPSA) is 41.9 Å². The molecule has 4 heteroatoms. The van der Waals surface area contributed by atoms with Crippen molar-refractivity contribution in [2.24, 2.45) is 0 Å². The van der Waals surface area contributed by atoms with Gasteiger partial charge in [0.1, 0.15) is 6.10 Å². The molecule has 110 valence electrons. The molecular weight excluding hydrogens is 254 g/mol. The van der Waals surface area contributed by atoms with Crippen molar-refractivity contribution in [2.75, 3.05) is 27.2 Å². The largest absolute Gasteiger partial charge is 0.493 e. The lowest BCUT2D eigenvalue weighted by molar-refractivity contribution is 0.110. The number of ether oxygens (including phenoxy) is 2. The summed E-state index contributed by atoms with van der Waals surface area (Å²) in [6.45, 7) is 2.13. The molecule has 1 aliphatic heterocycles. The number of hydrogen-bond acceptors (Lipinski definition) is 4. The Morgan fingerprint density at radius 3 is 2.50 bits per heavy atom. The van der Waals surface area contributed by atoms with Crippen molar-refractivity contribution in [2.45, 2.75) is 37.4 Å². The molecule has 3 rings (SSSR count). The molecule has 1 N–H and O–H groups in total. The van der Waals surface area contributed by atoms with Gasteiger partial charge >= 0.3 is 0 Å². The zero-order chi connectivity index (χ0) is 14.2. The van der Waals surface area contributed by atoms with Crippen LogP contribution in [0.2, 0.25) is 0 Å². The van der Waals surface area contributed by atoms with E-state index in [-0.39, 0.29) is 6.10 Å². The van der Waals surface area contributed by atoms with Gasteiger partial charge in [-0.05, 0) is 50.4 Å². The number of piperidine rings is 1. The summed E-state index contributed by atoms with van der Waals surface area (Å²) in [6.07, 6.45) is 3.99. The van der Waals surface area contributed by atoms with E-state index in [9.17, 15) is 5.11 Å². The second kappa shape index (κ2) is 5.26. The summed E-state index contributed by atoms with van der Waals surface area (Å²) in [4.78, 5) is 2.32. The van der Waals surface area contributed by atoms with Crippen LogP contribution in [-0.4, -0.2) is 43.4 Å². The Bertz CT molecular complexity index is 477. The monoisotopic (exact) mass is 277 g/mol. The number of nitrogens with zero attached hydrogens (tertiary/aromatic N) is 1. The van der Waals surface area contributed by atoms with E-state index in [0.29, 0.717) is 0 Å². The first-order chi connectivity index (χ1) is 9.60. The first-order valence-electron chi connectivity index (χ1n) is 7.37. The minimum Gasteiger partial charge on any atom is -0.493 e. The van der Waals surface area contributed by atoms with Gasteiger partial charge in [0.2, 0.25) is 0 Å². The molecule has 4 nitrogen and oxygen atoms in total. The molecule has 1 heterocycles. The normalized spacial score (nSPS) is 22.6. The molecule has 1 saturated heterocycles. The highest BCUT2D eigenvalue weighted by atomic mass is 16.5. The molecule has 1 aliphatic carbocycles. The highest BCUT2D eigenvalue weighted by Gasteiger charge is 2.42. The SMILES string of the molecule is COc1ccc(C2(O)CC2)cc1OC1CCN(C)CC1. The summed E-state index contributed by atoms with van der Waals surface area (Å²) in [6, 6.07) is 5.79. The molecule has 0 spiro atoms. The molecule has 1 saturated carbocycles. The van der Waals surface area contributed by atoms with Crippen molar-refractivity contribution in [1.82, 2.24) is 4.90 Å². The number of likely N-dealkylation sites (tertiary alicyclic amines) is 1.